The number of amides is 1. The molecule has 0 saturated heterocycles. The quantitative estimate of drug-likeness (QED) is 0.729. The van der Waals surface area contributed by atoms with Crippen molar-refractivity contribution in [2.45, 2.75) is 31.7 Å². The number of carbonyl (C=O) groups is 1. The van der Waals surface area contributed by atoms with Gasteiger partial charge in [0.15, 0.2) is 0 Å². The summed E-state index contributed by atoms with van der Waals surface area (Å²) in [6.07, 6.45) is 9.28. The molecule has 8 heteroatoms. The molecule has 0 aliphatic heterocycles. The van der Waals surface area contributed by atoms with Gasteiger partial charge in [-0.2, -0.15) is 4.98 Å². The predicted molar refractivity (Wildman–Crippen MR) is 110 cm³/mol. The number of pyridine rings is 1. The van der Waals surface area contributed by atoms with Crippen molar-refractivity contribution >= 4 is 33.6 Å². The first-order chi connectivity index (χ1) is 13.0. The van der Waals surface area contributed by atoms with E-state index in [0.29, 0.717) is 30.0 Å². The van der Waals surface area contributed by atoms with E-state index in [4.69, 9.17) is 0 Å². The third-order valence-corrected chi connectivity index (χ3v) is 5.23. The fraction of sp³-hybridized carbons (Fsp3) is 0.474. The van der Waals surface area contributed by atoms with E-state index in [1.807, 2.05) is 25.1 Å². The third-order valence-electron chi connectivity index (χ3n) is 4.80. The van der Waals surface area contributed by atoms with Crippen molar-refractivity contribution in [3.8, 4) is 0 Å². The summed E-state index contributed by atoms with van der Waals surface area (Å²) in [4.78, 5) is 27.1. The van der Waals surface area contributed by atoms with Crippen LogP contribution in [0.3, 0.4) is 0 Å². The minimum absolute atomic E-state index is 0.0713. The summed E-state index contributed by atoms with van der Waals surface area (Å²) in [5.74, 6) is 2.00. The third kappa shape index (κ3) is 5.63. The van der Waals surface area contributed by atoms with Crippen molar-refractivity contribution in [2.75, 3.05) is 30.9 Å². The molecule has 27 heavy (non-hydrogen) atoms. The molecule has 144 valence electrons. The Morgan fingerprint density at radius 3 is 2.74 bits per heavy atom. The monoisotopic (exact) mass is 432 g/mol. The van der Waals surface area contributed by atoms with Gasteiger partial charge in [0.1, 0.15) is 5.82 Å². The minimum atomic E-state index is -0.0713. The van der Waals surface area contributed by atoms with Crippen LogP contribution in [0.15, 0.2) is 35.2 Å². The maximum absolute atomic E-state index is 12.2. The van der Waals surface area contributed by atoms with Crippen LogP contribution >= 0.6 is 15.9 Å². The molecule has 1 fully saturated rings. The largest absolute Gasteiger partial charge is 0.363 e. The zero-order valence-corrected chi connectivity index (χ0v) is 17.2. The molecule has 3 rings (SSSR count). The summed E-state index contributed by atoms with van der Waals surface area (Å²) in [6.45, 7) is 0.699. The molecule has 2 aromatic heterocycles. The van der Waals surface area contributed by atoms with Crippen molar-refractivity contribution in [1.29, 1.82) is 0 Å². The zero-order chi connectivity index (χ0) is 19.2. The first-order valence-corrected chi connectivity index (χ1v) is 9.96. The Morgan fingerprint density at radius 2 is 2.04 bits per heavy atom. The second kappa shape index (κ2) is 9.12. The lowest BCUT2D eigenvalue weighted by molar-refractivity contribution is 0.0943. The summed E-state index contributed by atoms with van der Waals surface area (Å²) in [5, 5.41) is 6.47. The topological polar surface area (TPSA) is 83.0 Å². The molecule has 1 aliphatic rings. The lowest BCUT2D eigenvalue weighted by Crippen LogP contribution is -2.34. The number of nitrogens with one attached hydrogen (secondary N) is 2. The van der Waals surface area contributed by atoms with Gasteiger partial charge in [0, 0.05) is 49.7 Å². The fourth-order valence-corrected chi connectivity index (χ4v) is 3.60. The molecule has 2 heterocycles. The molecule has 0 radical (unpaired) electrons. The molecule has 1 amide bonds. The standard InChI is InChI=1S/C19H25BrN6O/c1-26(2)17-7-8-22-19(25-17)24-16-5-3-13(4-6-16)10-23-18(27)14-9-15(20)12-21-11-14/h7-9,11-13,16H,3-6,10H2,1-2H3,(H,23,27)(H,22,24,25). The molecule has 7 nitrogen and oxygen atoms in total. The van der Waals surface area contributed by atoms with Crippen LogP contribution in [0.1, 0.15) is 36.0 Å². The predicted octanol–water partition coefficient (Wildman–Crippen LogP) is 3.10. The molecule has 0 unspecified atom stereocenters. The Kier molecular flexibility index (Phi) is 6.60. The van der Waals surface area contributed by atoms with Crippen LogP contribution in [-0.4, -0.2) is 47.5 Å². The molecule has 0 atom stereocenters. The second-order valence-electron chi connectivity index (χ2n) is 7.10. The van der Waals surface area contributed by atoms with Gasteiger partial charge in [-0.3, -0.25) is 9.78 Å². The van der Waals surface area contributed by atoms with Gasteiger partial charge in [-0.15, -0.1) is 0 Å². The van der Waals surface area contributed by atoms with Gasteiger partial charge in [-0.1, -0.05) is 0 Å². The fourth-order valence-electron chi connectivity index (χ4n) is 3.24. The number of hydrogen-bond donors (Lipinski definition) is 2. The normalized spacial score (nSPS) is 19.4. The van der Waals surface area contributed by atoms with Gasteiger partial charge in [0.05, 0.1) is 5.56 Å². The van der Waals surface area contributed by atoms with E-state index in [0.717, 1.165) is 36.0 Å². The molecule has 1 aliphatic carbocycles. The zero-order valence-electron chi connectivity index (χ0n) is 15.7. The second-order valence-corrected chi connectivity index (χ2v) is 8.01. The van der Waals surface area contributed by atoms with E-state index >= 15 is 0 Å². The summed E-state index contributed by atoms with van der Waals surface area (Å²) in [6, 6.07) is 4.06. The van der Waals surface area contributed by atoms with Crippen molar-refractivity contribution in [3.05, 3.63) is 40.8 Å². The molecule has 0 bridgehead atoms. The van der Waals surface area contributed by atoms with Crippen LogP contribution in [0.2, 0.25) is 0 Å². The summed E-state index contributed by atoms with van der Waals surface area (Å²) >= 11 is 3.34. The number of nitrogens with zero attached hydrogens (tertiary/aromatic N) is 4. The summed E-state index contributed by atoms with van der Waals surface area (Å²) in [7, 11) is 3.94. The number of rotatable bonds is 6. The van der Waals surface area contributed by atoms with E-state index < -0.39 is 0 Å². The Bertz CT molecular complexity index is 776. The number of aromatic nitrogens is 3. The van der Waals surface area contributed by atoms with Gasteiger partial charge in [-0.05, 0) is 59.7 Å². The molecule has 2 N–H and O–H groups in total. The average molecular weight is 433 g/mol. The number of carbonyl (C=O) groups excluding carboxylic acids is 1. The van der Waals surface area contributed by atoms with Gasteiger partial charge in [-0.25, -0.2) is 4.98 Å². The number of halogens is 1. The lowest BCUT2D eigenvalue weighted by Gasteiger charge is -2.29. The Labute approximate surface area is 168 Å². The molecule has 0 spiro atoms. The molecular weight excluding hydrogens is 408 g/mol. The van der Waals surface area contributed by atoms with Gasteiger partial charge < -0.3 is 15.5 Å². The highest BCUT2D eigenvalue weighted by Gasteiger charge is 2.22. The smallest absolute Gasteiger partial charge is 0.252 e. The van der Waals surface area contributed by atoms with Crippen molar-refractivity contribution in [2.24, 2.45) is 5.92 Å². The first kappa shape index (κ1) is 19.5. The Hall–Kier alpha value is -2.22. The molecule has 0 aromatic carbocycles. The maximum atomic E-state index is 12.2. The highest BCUT2D eigenvalue weighted by molar-refractivity contribution is 9.10. The highest BCUT2D eigenvalue weighted by Crippen LogP contribution is 2.26. The molecule has 2 aromatic rings. The van der Waals surface area contributed by atoms with Crippen LogP contribution in [0.25, 0.3) is 0 Å². The first-order valence-electron chi connectivity index (χ1n) is 9.17. The Morgan fingerprint density at radius 1 is 1.26 bits per heavy atom. The minimum Gasteiger partial charge on any atom is -0.363 e. The van der Waals surface area contributed by atoms with Crippen LogP contribution < -0.4 is 15.5 Å². The van der Waals surface area contributed by atoms with Crippen LogP contribution in [0.4, 0.5) is 11.8 Å². The number of anilines is 2. The van der Waals surface area contributed by atoms with E-state index in [2.05, 4.69) is 41.5 Å². The van der Waals surface area contributed by atoms with Crippen LogP contribution in [0.5, 0.6) is 0 Å². The van der Waals surface area contributed by atoms with Crippen molar-refractivity contribution < 1.29 is 4.79 Å². The number of hydrogen-bond acceptors (Lipinski definition) is 6. The summed E-state index contributed by atoms with van der Waals surface area (Å²) in [5.41, 5.74) is 0.581. The maximum Gasteiger partial charge on any atom is 0.252 e. The van der Waals surface area contributed by atoms with Crippen LogP contribution in [-0.2, 0) is 0 Å². The SMILES string of the molecule is CN(C)c1ccnc(NC2CCC(CNC(=O)c3cncc(Br)c3)CC2)n1. The Balaban J connectivity index is 1.44. The van der Waals surface area contributed by atoms with Crippen LogP contribution in [0, 0.1) is 5.92 Å². The van der Waals surface area contributed by atoms with E-state index in [1.54, 1.807) is 24.7 Å². The van der Waals surface area contributed by atoms with Gasteiger partial charge >= 0.3 is 0 Å². The van der Waals surface area contributed by atoms with E-state index in [9.17, 15) is 4.79 Å². The van der Waals surface area contributed by atoms with E-state index in [-0.39, 0.29) is 5.91 Å². The molecular formula is C19H25BrN6O. The van der Waals surface area contributed by atoms with Crippen molar-refractivity contribution in [3.63, 3.8) is 0 Å². The summed E-state index contributed by atoms with van der Waals surface area (Å²) < 4.78 is 0.808. The van der Waals surface area contributed by atoms with Crippen molar-refractivity contribution in [1.82, 2.24) is 20.3 Å². The van der Waals surface area contributed by atoms with E-state index in [1.165, 1.54) is 0 Å². The van der Waals surface area contributed by atoms with Gasteiger partial charge in [0.2, 0.25) is 5.95 Å². The highest BCUT2D eigenvalue weighted by atomic mass is 79.9. The average Bonchev–Trinajstić information content (AvgIpc) is 2.67. The van der Waals surface area contributed by atoms with Gasteiger partial charge in [0.25, 0.3) is 5.91 Å². The lowest BCUT2D eigenvalue weighted by atomic mass is 9.86. The molecule has 1 saturated carbocycles.